The highest BCUT2D eigenvalue weighted by atomic mass is 32.2. The first-order chi connectivity index (χ1) is 4.30. The van der Waals surface area contributed by atoms with E-state index >= 15 is 0 Å². The Morgan fingerprint density at radius 2 is 2.33 bits per heavy atom. The van der Waals surface area contributed by atoms with Gasteiger partial charge in [0.05, 0.1) is 6.17 Å². The lowest BCUT2D eigenvalue weighted by Gasteiger charge is -2.26. The van der Waals surface area contributed by atoms with E-state index in [2.05, 4.69) is 24.3 Å². The first-order valence-corrected chi connectivity index (χ1v) is 4.37. The Morgan fingerprint density at radius 3 is 2.67 bits per heavy atom. The SMILES string of the molecule is CN(C)C1CSCC[N]1. The Bertz CT molecular complexity index is 79.1. The van der Waals surface area contributed by atoms with Crippen LogP contribution in [0.25, 0.3) is 0 Å². The molecular formula is C6H13N2S. The lowest BCUT2D eigenvalue weighted by atomic mass is 10.5. The average Bonchev–Trinajstić information content (AvgIpc) is 1.90. The molecule has 1 radical (unpaired) electrons. The Morgan fingerprint density at radius 1 is 1.56 bits per heavy atom. The molecule has 1 saturated heterocycles. The molecule has 0 spiro atoms. The van der Waals surface area contributed by atoms with Gasteiger partial charge in [0.25, 0.3) is 0 Å². The van der Waals surface area contributed by atoms with Gasteiger partial charge < -0.3 is 0 Å². The van der Waals surface area contributed by atoms with Crippen molar-refractivity contribution in [1.82, 2.24) is 10.2 Å². The van der Waals surface area contributed by atoms with Gasteiger partial charge in [0.1, 0.15) is 0 Å². The molecule has 1 unspecified atom stereocenters. The fourth-order valence-corrected chi connectivity index (χ4v) is 1.84. The summed E-state index contributed by atoms with van der Waals surface area (Å²) in [5.41, 5.74) is 0. The van der Waals surface area contributed by atoms with Crippen molar-refractivity contribution < 1.29 is 0 Å². The maximum absolute atomic E-state index is 4.43. The summed E-state index contributed by atoms with van der Waals surface area (Å²) in [7, 11) is 4.17. The lowest BCUT2D eigenvalue weighted by Crippen LogP contribution is -2.42. The van der Waals surface area contributed by atoms with Gasteiger partial charge >= 0.3 is 0 Å². The maximum atomic E-state index is 4.43. The molecule has 0 saturated carbocycles. The van der Waals surface area contributed by atoms with Crippen LogP contribution in [0, 0.1) is 0 Å². The van der Waals surface area contributed by atoms with Crippen LogP contribution < -0.4 is 5.32 Å². The van der Waals surface area contributed by atoms with Gasteiger partial charge in [0.2, 0.25) is 0 Å². The molecule has 0 N–H and O–H groups in total. The largest absolute Gasteiger partial charge is 0.292 e. The zero-order valence-electron chi connectivity index (χ0n) is 6.00. The highest BCUT2D eigenvalue weighted by molar-refractivity contribution is 7.99. The highest BCUT2D eigenvalue weighted by Crippen LogP contribution is 2.09. The van der Waals surface area contributed by atoms with Gasteiger partial charge in [0.15, 0.2) is 0 Å². The topological polar surface area (TPSA) is 17.3 Å². The quantitative estimate of drug-likeness (QED) is 0.525. The van der Waals surface area contributed by atoms with E-state index in [0.717, 1.165) is 6.54 Å². The molecule has 1 atom stereocenters. The Balaban J connectivity index is 2.23. The zero-order chi connectivity index (χ0) is 6.69. The van der Waals surface area contributed by atoms with Crippen molar-refractivity contribution in [2.24, 2.45) is 0 Å². The fourth-order valence-electron chi connectivity index (χ4n) is 0.820. The van der Waals surface area contributed by atoms with Gasteiger partial charge in [-0.05, 0) is 14.1 Å². The van der Waals surface area contributed by atoms with Crippen molar-refractivity contribution in [2.45, 2.75) is 6.17 Å². The third-order valence-electron chi connectivity index (χ3n) is 1.44. The van der Waals surface area contributed by atoms with Crippen molar-refractivity contribution in [3.63, 3.8) is 0 Å². The second-order valence-electron chi connectivity index (χ2n) is 2.43. The van der Waals surface area contributed by atoms with Gasteiger partial charge in [-0.25, -0.2) is 5.32 Å². The average molecular weight is 145 g/mol. The Kier molecular flexibility index (Phi) is 2.82. The van der Waals surface area contributed by atoms with Crippen LogP contribution in [0.3, 0.4) is 0 Å². The van der Waals surface area contributed by atoms with Crippen LogP contribution in [-0.2, 0) is 0 Å². The minimum atomic E-state index is 0.476. The van der Waals surface area contributed by atoms with Crippen LogP contribution in [0.2, 0.25) is 0 Å². The van der Waals surface area contributed by atoms with Crippen LogP contribution in [0.15, 0.2) is 0 Å². The maximum Gasteiger partial charge on any atom is 0.0847 e. The fraction of sp³-hybridized carbons (Fsp3) is 1.00. The molecule has 1 rings (SSSR count). The molecular weight excluding hydrogens is 132 g/mol. The molecule has 1 aliphatic heterocycles. The molecule has 2 nitrogen and oxygen atoms in total. The van der Waals surface area contributed by atoms with E-state index in [9.17, 15) is 0 Å². The van der Waals surface area contributed by atoms with Gasteiger partial charge in [-0.15, -0.1) is 0 Å². The Labute approximate surface area is 61.0 Å². The molecule has 1 aliphatic rings. The number of hydrogen-bond acceptors (Lipinski definition) is 2. The summed E-state index contributed by atoms with van der Waals surface area (Å²) in [4.78, 5) is 2.17. The number of rotatable bonds is 1. The molecule has 53 valence electrons. The molecule has 0 aromatic carbocycles. The van der Waals surface area contributed by atoms with Crippen molar-refractivity contribution >= 4 is 11.8 Å². The third-order valence-corrected chi connectivity index (χ3v) is 2.44. The van der Waals surface area contributed by atoms with E-state index in [1.807, 2.05) is 11.8 Å². The second-order valence-corrected chi connectivity index (χ2v) is 3.58. The summed E-state index contributed by atoms with van der Waals surface area (Å²) in [5, 5.41) is 4.43. The van der Waals surface area contributed by atoms with Gasteiger partial charge in [0, 0.05) is 18.1 Å². The predicted molar refractivity (Wildman–Crippen MR) is 41.8 cm³/mol. The van der Waals surface area contributed by atoms with Crippen molar-refractivity contribution in [2.75, 3.05) is 32.1 Å². The van der Waals surface area contributed by atoms with E-state index < -0.39 is 0 Å². The summed E-state index contributed by atoms with van der Waals surface area (Å²) in [5.74, 6) is 2.39. The summed E-state index contributed by atoms with van der Waals surface area (Å²) in [6, 6.07) is 0. The van der Waals surface area contributed by atoms with Crippen LogP contribution >= 0.6 is 11.8 Å². The zero-order valence-corrected chi connectivity index (χ0v) is 6.82. The van der Waals surface area contributed by atoms with E-state index in [1.54, 1.807) is 0 Å². The number of hydrogen-bond donors (Lipinski definition) is 0. The lowest BCUT2D eigenvalue weighted by molar-refractivity contribution is 0.266. The number of thioether (sulfide) groups is 1. The van der Waals surface area contributed by atoms with Crippen LogP contribution in [0.4, 0.5) is 0 Å². The molecule has 9 heavy (non-hydrogen) atoms. The van der Waals surface area contributed by atoms with Crippen molar-refractivity contribution in [1.29, 1.82) is 0 Å². The molecule has 0 aromatic heterocycles. The monoisotopic (exact) mass is 145 g/mol. The molecule has 0 aromatic rings. The summed E-state index contributed by atoms with van der Waals surface area (Å²) in [6.07, 6.45) is 0.476. The standard InChI is InChI=1S/C6H13N2S/c1-8(2)6-5-9-4-3-7-6/h6H,3-5H2,1-2H3. The van der Waals surface area contributed by atoms with Crippen LogP contribution in [0.5, 0.6) is 0 Å². The predicted octanol–water partition coefficient (Wildman–Crippen LogP) is 0.225. The molecule has 0 bridgehead atoms. The summed E-state index contributed by atoms with van der Waals surface area (Å²) < 4.78 is 0. The normalized spacial score (nSPS) is 29.0. The van der Waals surface area contributed by atoms with E-state index in [4.69, 9.17) is 0 Å². The molecule has 3 heteroatoms. The molecule has 0 aliphatic carbocycles. The van der Waals surface area contributed by atoms with E-state index in [0.29, 0.717) is 6.17 Å². The van der Waals surface area contributed by atoms with Crippen LogP contribution in [-0.4, -0.2) is 43.2 Å². The van der Waals surface area contributed by atoms with Crippen molar-refractivity contribution in [3.05, 3.63) is 0 Å². The summed E-state index contributed by atoms with van der Waals surface area (Å²) >= 11 is 2.00. The minimum Gasteiger partial charge on any atom is -0.292 e. The first kappa shape index (κ1) is 7.38. The van der Waals surface area contributed by atoms with E-state index in [1.165, 1.54) is 11.5 Å². The van der Waals surface area contributed by atoms with Crippen molar-refractivity contribution in [3.8, 4) is 0 Å². The van der Waals surface area contributed by atoms with E-state index in [-0.39, 0.29) is 0 Å². The highest BCUT2D eigenvalue weighted by Gasteiger charge is 2.14. The molecule has 1 fully saturated rings. The van der Waals surface area contributed by atoms with Crippen LogP contribution in [0.1, 0.15) is 0 Å². The smallest absolute Gasteiger partial charge is 0.0847 e. The molecule has 1 heterocycles. The van der Waals surface area contributed by atoms with Gasteiger partial charge in [-0.3, -0.25) is 4.90 Å². The van der Waals surface area contributed by atoms with Gasteiger partial charge in [-0.2, -0.15) is 11.8 Å². The van der Waals surface area contributed by atoms with Gasteiger partial charge in [-0.1, -0.05) is 0 Å². The second kappa shape index (κ2) is 3.44. The number of nitrogens with zero attached hydrogens (tertiary/aromatic N) is 2. The molecule has 0 amide bonds. The minimum absolute atomic E-state index is 0.476. The first-order valence-electron chi connectivity index (χ1n) is 3.21. The third kappa shape index (κ3) is 2.16. The summed E-state index contributed by atoms with van der Waals surface area (Å²) in [6.45, 7) is 1.04. The Hall–Kier alpha value is 0.270.